The highest BCUT2D eigenvalue weighted by Gasteiger charge is 2.03. The minimum Gasteiger partial charge on any atom is -0.290 e. The van der Waals surface area contributed by atoms with Gasteiger partial charge in [0.15, 0.2) is 0 Å². The van der Waals surface area contributed by atoms with E-state index in [9.17, 15) is 4.79 Å². The second kappa shape index (κ2) is 4.80. The summed E-state index contributed by atoms with van der Waals surface area (Å²) in [5.74, 6) is 4.77. The third kappa shape index (κ3) is 2.70. The number of amides is 1. The molecule has 0 aliphatic heterocycles. The van der Waals surface area contributed by atoms with Crippen molar-refractivity contribution in [2.45, 2.75) is 13.5 Å². The lowest BCUT2D eigenvalue weighted by atomic mass is 10.1. The lowest BCUT2D eigenvalue weighted by Crippen LogP contribution is -2.29. The summed E-state index contributed by atoms with van der Waals surface area (Å²) in [5.41, 5.74) is 4.86. The molecule has 0 bridgehead atoms. The zero-order valence-corrected chi connectivity index (χ0v) is 9.55. The molecule has 2 rings (SSSR count). The fraction of sp³-hybridized carbons (Fsp3) is 0.167. The molecule has 5 heteroatoms. The van der Waals surface area contributed by atoms with E-state index in [0.717, 1.165) is 11.1 Å². The van der Waals surface area contributed by atoms with Gasteiger partial charge in [-0.1, -0.05) is 12.1 Å². The van der Waals surface area contributed by atoms with Gasteiger partial charge in [-0.05, 0) is 30.2 Å². The molecule has 0 saturated carbocycles. The van der Waals surface area contributed by atoms with Crippen molar-refractivity contribution in [3.05, 3.63) is 53.3 Å². The highest BCUT2D eigenvalue weighted by Crippen LogP contribution is 2.06. The molecular formula is C12H14N4O. The highest BCUT2D eigenvalue weighted by atomic mass is 16.2. The molecule has 1 aromatic heterocycles. The molecule has 88 valence electrons. The lowest BCUT2D eigenvalue weighted by molar-refractivity contribution is 0.0953. The summed E-state index contributed by atoms with van der Waals surface area (Å²) >= 11 is 0. The summed E-state index contributed by atoms with van der Waals surface area (Å²) in [4.78, 5) is 11.2. The molecule has 1 aromatic carbocycles. The van der Waals surface area contributed by atoms with Gasteiger partial charge in [-0.2, -0.15) is 5.10 Å². The Labute approximate surface area is 99.2 Å². The first-order valence-corrected chi connectivity index (χ1v) is 5.28. The number of carbonyl (C=O) groups excluding carboxylic acids is 1. The van der Waals surface area contributed by atoms with Gasteiger partial charge in [-0.3, -0.25) is 14.9 Å². The Hall–Kier alpha value is -2.14. The van der Waals surface area contributed by atoms with Crippen LogP contribution >= 0.6 is 0 Å². The Balaban J connectivity index is 2.10. The predicted molar refractivity (Wildman–Crippen MR) is 64.2 cm³/mol. The van der Waals surface area contributed by atoms with Crippen molar-refractivity contribution in [2.75, 3.05) is 0 Å². The largest absolute Gasteiger partial charge is 0.290 e. The molecule has 17 heavy (non-hydrogen) atoms. The first-order valence-electron chi connectivity index (χ1n) is 5.28. The average Bonchev–Trinajstić information content (AvgIpc) is 2.75. The van der Waals surface area contributed by atoms with E-state index in [-0.39, 0.29) is 5.91 Å². The number of hydrazine groups is 1. The fourth-order valence-corrected chi connectivity index (χ4v) is 1.59. The van der Waals surface area contributed by atoms with E-state index in [0.29, 0.717) is 12.1 Å². The molecule has 0 unspecified atom stereocenters. The second-order valence-corrected chi connectivity index (χ2v) is 3.89. The first-order chi connectivity index (χ1) is 8.19. The van der Waals surface area contributed by atoms with Crippen LogP contribution in [0.2, 0.25) is 0 Å². The summed E-state index contributed by atoms with van der Waals surface area (Å²) in [5, 5.41) is 4.20. The maximum absolute atomic E-state index is 11.2. The number of nitrogen functional groups attached to an aromatic ring is 1. The molecule has 3 N–H and O–H groups in total. The Bertz CT molecular complexity index is 516. The number of nitrogens with one attached hydrogen (secondary N) is 1. The Morgan fingerprint density at radius 2 is 2.12 bits per heavy atom. The molecule has 0 aliphatic carbocycles. The van der Waals surface area contributed by atoms with Crippen molar-refractivity contribution in [3.8, 4) is 0 Å². The molecule has 0 aliphatic rings. The van der Waals surface area contributed by atoms with Gasteiger partial charge < -0.3 is 0 Å². The molecule has 5 nitrogen and oxygen atoms in total. The van der Waals surface area contributed by atoms with Crippen LogP contribution in [0.1, 0.15) is 21.5 Å². The van der Waals surface area contributed by atoms with Gasteiger partial charge in [-0.15, -0.1) is 0 Å². The number of aryl methyl sites for hydroxylation is 1. The standard InChI is InChI=1S/C12H14N4O/c1-9-6-14-16(7-9)8-10-2-4-11(5-3-10)12(17)15-13/h2-7H,8,13H2,1H3,(H,15,17). The van der Waals surface area contributed by atoms with Crippen LogP contribution in [0.3, 0.4) is 0 Å². The average molecular weight is 230 g/mol. The zero-order chi connectivity index (χ0) is 12.3. The zero-order valence-electron chi connectivity index (χ0n) is 9.55. The minimum absolute atomic E-state index is 0.286. The molecule has 1 amide bonds. The summed E-state index contributed by atoms with van der Waals surface area (Å²) in [7, 11) is 0. The SMILES string of the molecule is Cc1cnn(Cc2ccc(C(=O)NN)cc2)c1. The molecule has 2 aromatic rings. The van der Waals surface area contributed by atoms with Crippen LogP contribution in [0.15, 0.2) is 36.7 Å². The van der Waals surface area contributed by atoms with Crippen molar-refractivity contribution >= 4 is 5.91 Å². The van der Waals surface area contributed by atoms with Gasteiger partial charge in [0.2, 0.25) is 0 Å². The Kier molecular flexibility index (Phi) is 3.20. The van der Waals surface area contributed by atoms with E-state index in [2.05, 4.69) is 10.5 Å². The molecule has 0 spiro atoms. The topological polar surface area (TPSA) is 72.9 Å². The third-order valence-electron chi connectivity index (χ3n) is 2.45. The van der Waals surface area contributed by atoms with Gasteiger partial charge in [0.25, 0.3) is 5.91 Å². The van der Waals surface area contributed by atoms with Crippen LogP contribution < -0.4 is 11.3 Å². The van der Waals surface area contributed by atoms with Crippen molar-refractivity contribution < 1.29 is 4.79 Å². The maximum Gasteiger partial charge on any atom is 0.265 e. The number of nitrogens with zero attached hydrogens (tertiary/aromatic N) is 2. The molecule has 0 atom stereocenters. The van der Waals surface area contributed by atoms with Crippen LogP contribution in [0.5, 0.6) is 0 Å². The first kappa shape index (κ1) is 11.3. The van der Waals surface area contributed by atoms with E-state index in [1.807, 2.05) is 36.1 Å². The number of carbonyl (C=O) groups is 1. The number of nitrogens with two attached hydrogens (primary N) is 1. The second-order valence-electron chi connectivity index (χ2n) is 3.89. The quantitative estimate of drug-likeness (QED) is 0.466. The van der Waals surface area contributed by atoms with Crippen molar-refractivity contribution in [1.82, 2.24) is 15.2 Å². The summed E-state index contributed by atoms with van der Waals surface area (Å²) < 4.78 is 1.85. The lowest BCUT2D eigenvalue weighted by Gasteiger charge is -2.03. The molecule has 1 heterocycles. The van der Waals surface area contributed by atoms with E-state index in [1.54, 1.807) is 12.1 Å². The molecular weight excluding hydrogens is 216 g/mol. The van der Waals surface area contributed by atoms with Gasteiger partial charge in [0, 0.05) is 11.8 Å². The highest BCUT2D eigenvalue weighted by molar-refractivity contribution is 5.93. The van der Waals surface area contributed by atoms with Crippen LogP contribution in [-0.4, -0.2) is 15.7 Å². The number of hydrogen-bond acceptors (Lipinski definition) is 3. The van der Waals surface area contributed by atoms with Crippen LogP contribution in [0.25, 0.3) is 0 Å². The fourth-order valence-electron chi connectivity index (χ4n) is 1.59. The molecule has 0 fully saturated rings. The van der Waals surface area contributed by atoms with Crippen LogP contribution in [0, 0.1) is 6.92 Å². The third-order valence-corrected chi connectivity index (χ3v) is 2.45. The number of aromatic nitrogens is 2. The van der Waals surface area contributed by atoms with Gasteiger partial charge in [-0.25, -0.2) is 5.84 Å². The van der Waals surface area contributed by atoms with Gasteiger partial charge >= 0.3 is 0 Å². The van der Waals surface area contributed by atoms with Gasteiger partial charge in [0.1, 0.15) is 0 Å². The van der Waals surface area contributed by atoms with E-state index in [4.69, 9.17) is 5.84 Å². The van der Waals surface area contributed by atoms with Crippen molar-refractivity contribution in [2.24, 2.45) is 5.84 Å². The van der Waals surface area contributed by atoms with E-state index in [1.165, 1.54) is 0 Å². The Morgan fingerprint density at radius 1 is 1.41 bits per heavy atom. The van der Waals surface area contributed by atoms with E-state index < -0.39 is 0 Å². The van der Waals surface area contributed by atoms with Crippen LogP contribution in [0.4, 0.5) is 0 Å². The molecule has 0 saturated heterocycles. The maximum atomic E-state index is 11.2. The predicted octanol–water partition coefficient (Wildman–Crippen LogP) is 0.843. The summed E-state index contributed by atoms with van der Waals surface area (Å²) in [6.07, 6.45) is 3.79. The minimum atomic E-state index is -0.286. The molecule has 0 radical (unpaired) electrons. The normalized spacial score (nSPS) is 10.2. The summed E-state index contributed by atoms with van der Waals surface area (Å²) in [6, 6.07) is 7.27. The van der Waals surface area contributed by atoms with Crippen molar-refractivity contribution in [1.29, 1.82) is 0 Å². The smallest absolute Gasteiger partial charge is 0.265 e. The summed E-state index contributed by atoms with van der Waals surface area (Å²) in [6.45, 7) is 2.69. The number of hydrogen-bond donors (Lipinski definition) is 2. The number of benzene rings is 1. The van der Waals surface area contributed by atoms with E-state index >= 15 is 0 Å². The van der Waals surface area contributed by atoms with Crippen molar-refractivity contribution in [3.63, 3.8) is 0 Å². The monoisotopic (exact) mass is 230 g/mol. The van der Waals surface area contributed by atoms with Crippen LogP contribution in [-0.2, 0) is 6.54 Å². The van der Waals surface area contributed by atoms with Gasteiger partial charge in [0.05, 0.1) is 12.7 Å². The number of rotatable bonds is 3. The Morgan fingerprint density at radius 3 is 2.65 bits per heavy atom.